The molecule has 1 aromatic heterocycles. The Morgan fingerprint density at radius 1 is 1.41 bits per heavy atom. The SMILES string of the molecule is CN=C(NCCc1ccc(OC)cc1O)NC1CCN(c2ncccc2Cl)C1.I. The van der Waals surface area contributed by atoms with Gasteiger partial charge in [-0.05, 0) is 36.6 Å². The molecule has 0 amide bonds. The van der Waals surface area contributed by atoms with Crippen LogP contribution < -0.4 is 20.3 Å². The van der Waals surface area contributed by atoms with Crippen LogP contribution in [0.2, 0.25) is 5.02 Å². The lowest BCUT2D eigenvalue weighted by Crippen LogP contribution is -2.45. The number of nitrogens with zero attached hydrogens (tertiary/aromatic N) is 3. The molecule has 1 atom stereocenters. The Balaban J connectivity index is 0.00000300. The summed E-state index contributed by atoms with van der Waals surface area (Å²) < 4.78 is 5.11. The number of hydrogen-bond donors (Lipinski definition) is 3. The van der Waals surface area contributed by atoms with Crippen LogP contribution in [0.3, 0.4) is 0 Å². The number of phenolic OH excluding ortho intramolecular Hbond substituents is 1. The van der Waals surface area contributed by atoms with Crippen molar-refractivity contribution in [1.29, 1.82) is 0 Å². The second-order valence-electron chi connectivity index (χ2n) is 6.63. The minimum atomic E-state index is 0. The molecule has 9 heteroatoms. The molecule has 1 aromatic carbocycles. The van der Waals surface area contributed by atoms with Gasteiger partial charge in [-0.2, -0.15) is 0 Å². The van der Waals surface area contributed by atoms with Crippen LogP contribution in [0, 0.1) is 0 Å². The number of aliphatic imine (C=N–C) groups is 1. The number of methoxy groups -OCH3 is 1. The van der Waals surface area contributed by atoms with Crippen molar-refractivity contribution in [2.75, 3.05) is 38.7 Å². The van der Waals surface area contributed by atoms with Crippen LogP contribution >= 0.6 is 35.6 Å². The first-order valence-corrected chi connectivity index (χ1v) is 9.67. The zero-order valence-corrected chi connectivity index (χ0v) is 19.6. The molecule has 29 heavy (non-hydrogen) atoms. The maximum atomic E-state index is 10.1. The first-order valence-electron chi connectivity index (χ1n) is 9.29. The standard InChI is InChI=1S/C20H26ClN5O2.HI/c1-22-20(24-10-7-14-5-6-16(28-2)12-18(14)27)25-15-8-11-26(13-15)19-17(21)4-3-9-23-19;/h3-6,9,12,15,27H,7-8,10-11,13H2,1-2H3,(H2,22,24,25);1H. The van der Waals surface area contributed by atoms with E-state index in [0.29, 0.717) is 23.7 Å². The van der Waals surface area contributed by atoms with E-state index >= 15 is 0 Å². The molecule has 1 unspecified atom stereocenters. The summed E-state index contributed by atoms with van der Waals surface area (Å²) in [5.41, 5.74) is 0.862. The molecule has 158 valence electrons. The Bertz CT molecular complexity index is 836. The fraction of sp³-hybridized carbons (Fsp3) is 0.400. The number of ether oxygens (including phenoxy) is 1. The summed E-state index contributed by atoms with van der Waals surface area (Å²) in [6.07, 6.45) is 3.42. The van der Waals surface area contributed by atoms with E-state index < -0.39 is 0 Å². The maximum Gasteiger partial charge on any atom is 0.191 e. The highest BCUT2D eigenvalue weighted by Crippen LogP contribution is 2.26. The second-order valence-corrected chi connectivity index (χ2v) is 7.04. The highest BCUT2D eigenvalue weighted by molar-refractivity contribution is 14.0. The van der Waals surface area contributed by atoms with E-state index in [0.717, 1.165) is 36.9 Å². The van der Waals surface area contributed by atoms with Gasteiger partial charge in [-0.3, -0.25) is 4.99 Å². The first kappa shape index (κ1) is 23.3. The van der Waals surface area contributed by atoms with E-state index in [-0.39, 0.29) is 35.8 Å². The number of halogens is 2. The largest absolute Gasteiger partial charge is 0.508 e. The van der Waals surface area contributed by atoms with Crippen molar-refractivity contribution in [2.24, 2.45) is 4.99 Å². The van der Waals surface area contributed by atoms with E-state index in [2.05, 4.69) is 25.5 Å². The molecule has 0 radical (unpaired) electrons. The van der Waals surface area contributed by atoms with E-state index in [1.165, 1.54) is 0 Å². The molecule has 1 aliphatic heterocycles. The average Bonchev–Trinajstić information content (AvgIpc) is 3.16. The van der Waals surface area contributed by atoms with Crippen molar-refractivity contribution in [1.82, 2.24) is 15.6 Å². The van der Waals surface area contributed by atoms with Gasteiger partial charge in [-0.1, -0.05) is 17.7 Å². The van der Waals surface area contributed by atoms with Crippen molar-refractivity contribution in [3.05, 3.63) is 47.1 Å². The van der Waals surface area contributed by atoms with Gasteiger partial charge in [0.05, 0.1) is 12.1 Å². The van der Waals surface area contributed by atoms with Gasteiger partial charge in [0.15, 0.2) is 5.96 Å². The number of phenols is 1. The highest BCUT2D eigenvalue weighted by atomic mass is 127. The Morgan fingerprint density at radius 3 is 2.93 bits per heavy atom. The molecule has 3 rings (SSSR count). The normalized spacial score (nSPS) is 16.3. The van der Waals surface area contributed by atoms with E-state index in [1.54, 1.807) is 26.4 Å². The van der Waals surface area contributed by atoms with Crippen LogP contribution in [0.1, 0.15) is 12.0 Å². The third-order valence-corrected chi connectivity index (χ3v) is 5.07. The van der Waals surface area contributed by atoms with Crippen molar-refractivity contribution < 1.29 is 9.84 Å². The summed E-state index contributed by atoms with van der Waals surface area (Å²) in [6, 6.07) is 9.30. The zero-order valence-electron chi connectivity index (χ0n) is 16.6. The molecule has 1 fully saturated rings. The summed E-state index contributed by atoms with van der Waals surface area (Å²) in [5.74, 6) is 2.45. The maximum absolute atomic E-state index is 10.1. The second kappa shape index (κ2) is 11.3. The van der Waals surface area contributed by atoms with Gasteiger partial charge in [0, 0.05) is 45.0 Å². The molecule has 7 nitrogen and oxygen atoms in total. The minimum absolute atomic E-state index is 0. The van der Waals surface area contributed by atoms with Crippen LogP contribution in [0.15, 0.2) is 41.5 Å². The number of aromatic nitrogens is 1. The molecule has 0 spiro atoms. The number of pyridine rings is 1. The predicted octanol–water partition coefficient (Wildman–Crippen LogP) is 3.05. The fourth-order valence-corrected chi connectivity index (χ4v) is 3.51. The molecular weight excluding hydrogens is 505 g/mol. The van der Waals surface area contributed by atoms with Gasteiger partial charge in [-0.25, -0.2) is 4.98 Å². The summed E-state index contributed by atoms with van der Waals surface area (Å²) in [5, 5.41) is 17.5. The van der Waals surface area contributed by atoms with Crippen LogP contribution in [-0.4, -0.2) is 55.9 Å². The summed E-state index contributed by atoms with van der Waals surface area (Å²) in [4.78, 5) is 10.9. The van der Waals surface area contributed by atoms with Gasteiger partial charge < -0.3 is 25.4 Å². The minimum Gasteiger partial charge on any atom is -0.508 e. The molecule has 3 N–H and O–H groups in total. The van der Waals surface area contributed by atoms with Crippen LogP contribution in [-0.2, 0) is 6.42 Å². The Hall–Kier alpha value is -1.94. The molecule has 2 heterocycles. The number of nitrogens with one attached hydrogen (secondary N) is 2. The van der Waals surface area contributed by atoms with Crippen LogP contribution in [0.25, 0.3) is 0 Å². The van der Waals surface area contributed by atoms with Gasteiger partial charge in [0.25, 0.3) is 0 Å². The number of benzene rings is 1. The monoisotopic (exact) mass is 531 g/mol. The number of guanidine groups is 1. The van der Waals surface area contributed by atoms with Gasteiger partial charge in [-0.15, -0.1) is 24.0 Å². The summed E-state index contributed by atoms with van der Waals surface area (Å²) >= 11 is 6.25. The summed E-state index contributed by atoms with van der Waals surface area (Å²) in [7, 11) is 3.33. The van der Waals surface area contributed by atoms with Crippen LogP contribution in [0.4, 0.5) is 5.82 Å². The number of anilines is 1. The fourth-order valence-electron chi connectivity index (χ4n) is 3.27. The highest BCUT2D eigenvalue weighted by Gasteiger charge is 2.25. The molecule has 1 saturated heterocycles. The summed E-state index contributed by atoms with van der Waals surface area (Å²) in [6.45, 7) is 2.36. The average molecular weight is 532 g/mol. The quantitative estimate of drug-likeness (QED) is 0.302. The number of rotatable bonds is 6. The van der Waals surface area contributed by atoms with Crippen LogP contribution in [0.5, 0.6) is 11.5 Å². The van der Waals surface area contributed by atoms with Crippen molar-refractivity contribution in [3.63, 3.8) is 0 Å². The van der Waals surface area contributed by atoms with Crippen molar-refractivity contribution in [2.45, 2.75) is 18.9 Å². The van der Waals surface area contributed by atoms with E-state index in [9.17, 15) is 5.11 Å². The molecule has 0 saturated carbocycles. The lowest BCUT2D eigenvalue weighted by atomic mass is 10.1. The zero-order chi connectivity index (χ0) is 19.9. The smallest absolute Gasteiger partial charge is 0.191 e. The van der Waals surface area contributed by atoms with Gasteiger partial charge in [0.2, 0.25) is 0 Å². The van der Waals surface area contributed by atoms with E-state index in [1.807, 2.05) is 24.3 Å². The third-order valence-electron chi connectivity index (χ3n) is 4.77. The molecule has 0 bridgehead atoms. The Kier molecular flexibility index (Phi) is 9.09. The lowest BCUT2D eigenvalue weighted by molar-refractivity contribution is 0.406. The predicted molar refractivity (Wildman–Crippen MR) is 128 cm³/mol. The Labute approximate surface area is 193 Å². The van der Waals surface area contributed by atoms with Crippen molar-refractivity contribution in [3.8, 4) is 11.5 Å². The molecule has 0 aliphatic carbocycles. The number of aromatic hydroxyl groups is 1. The molecule has 1 aliphatic rings. The third kappa shape index (κ3) is 6.27. The molecular formula is C20H27ClIN5O2. The number of hydrogen-bond acceptors (Lipinski definition) is 5. The van der Waals surface area contributed by atoms with E-state index in [4.69, 9.17) is 16.3 Å². The Morgan fingerprint density at radius 2 is 2.24 bits per heavy atom. The lowest BCUT2D eigenvalue weighted by Gasteiger charge is -2.20. The van der Waals surface area contributed by atoms with Gasteiger partial charge in [0.1, 0.15) is 17.3 Å². The first-order chi connectivity index (χ1) is 13.6. The van der Waals surface area contributed by atoms with Crippen molar-refractivity contribution >= 4 is 47.4 Å². The van der Waals surface area contributed by atoms with Gasteiger partial charge >= 0.3 is 0 Å². The molecule has 2 aromatic rings. The topological polar surface area (TPSA) is 82.0 Å².